The van der Waals surface area contributed by atoms with E-state index in [-0.39, 0.29) is 26.9 Å². The highest BCUT2D eigenvalue weighted by atomic mass is 35.5. The summed E-state index contributed by atoms with van der Waals surface area (Å²) in [5.74, 6) is 4.55. The van der Waals surface area contributed by atoms with E-state index in [1.807, 2.05) is 12.1 Å². The minimum Gasteiger partial charge on any atom is -0.497 e. The van der Waals surface area contributed by atoms with E-state index in [2.05, 4.69) is 21.5 Å². The normalized spacial score (nSPS) is 11.9. The Labute approximate surface area is 238 Å². The van der Waals surface area contributed by atoms with Gasteiger partial charge in [0.05, 0.1) is 32.3 Å². The Morgan fingerprint density at radius 3 is 2.56 bits per heavy atom. The van der Waals surface area contributed by atoms with Crippen molar-refractivity contribution >= 4 is 66.5 Å². The van der Waals surface area contributed by atoms with Crippen molar-refractivity contribution in [2.24, 2.45) is 0 Å². The van der Waals surface area contributed by atoms with E-state index in [0.717, 1.165) is 17.8 Å². The van der Waals surface area contributed by atoms with E-state index in [4.69, 9.17) is 27.9 Å². The standard InChI is InChI=1S/C27H20Cl2N2O6S2/c1-37-17-7-3-5-15(11-17)9-10-21-19-14-20(28)23(24(29)25(19)38-31-21)26(32)30-22(27(33)34)13-16-6-4-8-18(12-16)39(2,35)36/h3-8,11-12,14,22H,13H2,1-2H3,(H,30,32)(H,33,34). The van der Waals surface area contributed by atoms with Gasteiger partial charge in [0.25, 0.3) is 5.91 Å². The van der Waals surface area contributed by atoms with Crippen LogP contribution in [0.4, 0.5) is 0 Å². The molecule has 0 fully saturated rings. The first kappa shape index (κ1) is 28.4. The van der Waals surface area contributed by atoms with E-state index in [1.54, 1.807) is 25.3 Å². The van der Waals surface area contributed by atoms with Crippen molar-refractivity contribution in [3.05, 3.63) is 87.0 Å². The van der Waals surface area contributed by atoms with Gasteiger partial charge in [-0.05, 0) is 59.4 Å². The van der Waals surface area contributed by atoms with E-state index < -0.39 is 27.8 Å². The second-order valence-corrected chi connectivity index (χ2v) is 12.0. The van der Waals surface area contributed by atoms with Gasteiger partial charge in [0, 0.05) is 23.6 Å². The van der Waals surface area contributed by atoms with Gasteiger partial charge in [-0.1, -0.05) is 47.3 Å². The molecule has 1 unspecified atom stereocenters. The number of halogens is 2. The number of amides is 1. The Morgan fingerprint density at radius 2 is 1.87 bits per heavy atom. The van der Waals surface area contributed by atoms with E-state index in [1.165, 1.54) is 24.3 Å². The fourth-order valence-electron chi connectivity index (χ4n) is 3.71. The highest BCUT2D eigenvalue weighted by Gasteiger charge is 2.26. The van der Waals surface area contributed by atoms with Gasteiger partial charge in [0.2, 0.25) is 0 Å². The van der Waals surface area contributed by atoms with Crippen molar-refractivity contribution in [2.75, 3.05) is 13.4 Å². The fourth-order valence-corrected chi connectivity index (χ4v) is 5.89. The molecule has 4 rings (SSSR count). The van der Waals surface area contributed by atoms with Crippen molar-refractivity contribution < 1.29 is 27.9 Å². The van der Waals surface area contributed by atoms with Crippen LogP contribution in [0.2, 0.25) is 10.0 Å². The van der Waals surface area contributed by atoms with Gasteiger partial charge in [-0.3, -0.25) is 4.79 Å². The van der Waals surface area contributed by atoms with Crippen LogP contribution in [0.3, 0.4) is 0 Å². The number of carboxylic acid groups (broad SMARTS) is 1. The number of rotatable bonds is 7. The summed E-state index contributed by atoms with van der Waals surface area (Å²) in [6, 6.07) is 13.2. The SMILES string of the molecule is COc1cccc(C#Cc2nsc3c(Cl)c(C(=O)NC(Cc4cccc(S(C)(=O)=O)c4)C(=O)O)c(Cl)cc23)c1. The lowest BCUT2D eigenvalue weighted by atomic mass is 10.0. The largest absolute Gasteiger partial charge is 0.497 e. The molecule has 8 nitrogen and oxygen atoms in total. The molecular weight excluding hydrogens is 583 g/mol. The van der Waals surface area contributed by atoms with Crippen LogP contribution in [0.1, 0.15) is 27.2 Å². The summed E-state index contributed by atoms with van der Waals surface area (Å²) >= 11 is 14.0. The summed E-state index contributed by atoms with van der Waals surface area (Å²) < 4.78 is 33.7. The van der Waals surface area contributed by atoms with Crippen molar-refractivity contribution in [3.8, 4) is 17.6 Å². The smallest absolute Gasteiger partial charge is 0.326 e. The van der Waals surface area contributed by atoms with Crippen LogP contribution in [-0.4, -0.2) is 49.2 Å². The lowest BCUT2D eigenvalue weighted by Gasteiger charge is -2.16. The molecule has 1 aromatic heterocycles. The molecule has 0 bridgehead atoms. The predicted octanol–water partition coefficient (Wildman–Crippen LogP) is 4.84. The molecular formula is C27H20Cl2N2O6S2. The van der Waals surface area contributed by atoms with Crippen LogP contribution in [0.15, 0.2) is 59.5 Å². The summed E-state index contributed by atoms with van der Waals surface area (Å²) in [5, 5.41) is 12.7. The first-order valence-electron chi connectivity index (χ1n) is 11.2. The zero-order chi connectivity index (χ0) is 28.3. The van der Waals surface area contributed by atoms with Crippen molar-refractivity contribution in [3.63, 3.8) is 0 Å². The Morgan fingerprint density at radius 1 is 1.13 bits per heavy atom. The summed E-state index contributed by atoms with van der Waals surface area (Å²) in [4.78, 5) is 25.1. The molecule has 200 valence electrons. The summed E-state index contributed by atoms with van der Waals surface area (Å²) in [5.41, 5.74) is 1.45. The number of carbonyl (C=O) groups excluding carboxylic acids is 1. The van der Waals surface area contributed by atoms with Gasteiger partial charge >= 0.3 is 5.97 Å². The predicted molar refractivity (Wildman–Crippen MR) is 151 cm³/mol. The van der Waals surface area contributed by atoms with Crippen LogP contribution in [-0.2, 0) is 21.1 Å². The van der Waals surface area contributed by atoms with Gasteiger partial charge < -0.3 is 15.2 Å². The minimum atomic E-state index is -3.49. The number of sulfone groups is 1. The van der Waals surface area contributed by atoms with Gasteiger partial charge in [0.15, 0.2) is 9.84 Å². The first-order valence-corrected chi connectivity index (χ1v) is 14.7. The number of ether oxygens (including phenoxy) is 1. The second kappa shape index (κ2) is 11.6. The van der Waals surface area contributed by atoms with E-state index >= 15 is 0 Å². The van der Waals surface area contributed by atoms with Crippen molar-refractivity contribution in [1.82, 2.24) is 9.69 Å². The molecule has 39 heavy (non-hydrogen) atoms. The molecule has 12 heteroatoms. The lowest BCUT2D eigenvalue weighted by molar-refractivity contribution is -0.139. The first-order chi connectivity index (χ1) is 18.5. The van der Waals surface area contributed by atoms with Crippen LogP contribution in [0.25, 0.3) is 10.1 Å². The van der Waals surface area contributed by atoms with Gasteiger partial charge in [0.1, 0.15) is 17.5 Å². The monoisotopic (exact) mass is 602 g/mol. The third kappa shape index (κ3) is 6.52. The number of methoxy groups -OCH3 is 1. The third-order valence-electron chi connectivity index (χ3n) is 5.65. The Hall–Kier alpha value is -3.62. The number of benzene rings is 3. The number of carboxylic acids is 1. The van der Waals surface area contributed by atoms with Gasteiger partial charge in [-0.2, -0.15) is 4.37 Å². The molecule has 1 amide bonds. The molecule has 1 atom stereocenters. The van der Waals surface area contributed by atoms with Crippen LogP contribution in [0, 0.1) is 11.8 Å². The Balaban J connectivity index is 1.61. The van der Waals surface area contributed by atoms with Gasteiger partial charge in [-0.25, -0.2) is 13.2 Å². The zero-order valence-electron chi connectivity index (χ0n) is 20.5. The Kier molecular flexibility index (Phi) is 8.47. The number of aliphatic carboxylic acids is 1. The zero-order valence-corrected chi connectivity index (χ0v) is 23.6. The highest BCUT2D eigenvalue weighted by Crippen LogP contribution is 2.37. The number of nitrogens with one attached hydrogen (secondary N) is 1. The quantitative estimate of drug-likeness (QED) is 0.290. The average molecular weight is 604 g/mol. The van der Waals surface area contributed by atoms with Crippen LogP contribution in [0.5, 0.6) is 5.75 Å². The van der Waals surface area contributed by atoms with Gasteiger partial charge in [-0.15, -0.1) is 0 Å². The summed E-state index contributed by atoms with van der Waals surface area (Å²) in [6.07, 6.45) is 0.893. The summed E-state index contributed by atoms with van der Waals surface area (Å²) in [7, 11) is -1.93. The molecule has 0 aliphatic heterocycles. The highest BCUT2D eigenvalue weighted by molar-refractivity contribution is 7.90. The number of nitrogens with zero attached hydrogens (tertiary/aromatic N) is 1. The van der Waals surface area contributed by atoms with Crippen LogP contribution < -0.4 is 10.1 Å². The number of carbonyl (C=O) groups is 2. The maximum Gasteiger partial charge on any atom is 0.326 e. The molecule has 1 heterocycles. The topological polar surface area (TPSA) is 123 Å². The average Bonchev–Trinajstić information content (AvgIpc) is 3.29. The maximum absolute atomic E-state index is 13.1. The molecule has 3 aromatic carbocycles. The van der Waals surface area contributed by atoms with E-state index in [9.17, 15) is 23.1 Å². The molecule has 0 saturated carbocycles. The molecule has 0 aliphatic rings. The summed E-state index contributed by atoms with van der Waals surface area (Å²) in [6.45, 7) is 0. The second-order valence-electron chi connectivity index (χ2n) is 8.43. The molecule has 0 spiro atoms. The number of aromatic nitrogens is 1. The maximum atomic E-state index is 13.1. The number of fused-ring (bicyclic) bond motifs is 1. The fraction of sp³-hybridized carbons (Fsp3) is 0.148. The lowest BCUT2D eigenvalue weighted by Crippen LogP contribution is -2.42. The molecule has 0 radical (unpaired) electrons. The number of hydrogen-bond acceptors (Lipinski definition) is 7. The molecule has 0 aliphatic carbocycles. The minimum absolute atomic E-state index is 0.00200. The molecule has 4 aromatic rings. The number of hydrogen-bond donors (Lipinski definition) is 2. The van der Waals surface area contributed by atoms with E-state index in [0.29, 0.717) is 32.7 Å². The van der Waals surface area contributed by atoms with Crippen molar-refractivity contribution in [2.45, 2.75) is 17.4 Å². The van der Waals surface area contributed by atoms with Crippen molar-refractivity contribution in [1.29, 1.82) is 0 Å². The molecule has 2 N–H and O–H groups in total. The van der Waals surface area contributed by atoms with Crippen LogP contribution >= 0.6 is 34.7 Å². The Bertz CT molecular complexity index is 1770. The third-order valence-corrected chi connectivity index (χ3v) is 8.43. The molecule has 0 saturated heterocycles.